The molecule has 1 atom stereocenters. The van der Waals surface area contributed by atoms with Gasteiger partial charge in [0.1, 0.15) is 11.9 Å². The second-order valence-corrected chi connectivity index (χ2v) is 6.53. The SMILES string of the molecule is Cc1occc1C(=O)N1CCCn2nc([C@H](O)CN(C)C)cc2C1. The highest BCUT2D eigenvalue weighted by molar-refractivity contribution is 5.95. The molecule has 1 amide bonds. The average molecular weight is 332 g/mol. The Kier molecular flexibility index (Phi) is 4.73. The smallest absolute Gasteiger partial charge is 0.257 e. The molecule has 7 heteroatoms. The average Bonchev–Trinajstić information content (AvgIpc) is 3.07. The van der Waals surface area contributed by atoms with Crippen LogP contribution in [0.4, 0.5) is 0 Å². The summed E-state index contributed by atoms with van der Waals surface area (Å²) in [6.07, 6.45) is 1.75. The molecule has 7 nitrogen and oxygen atoms in total. The molecule has 24 heavy (non-hydrogen) atoms. The Morgan fingerprint density at radius 2 is 2.25 bits per heavy atom. The van der Waals surface area contributed by atoms with Gasteiger partial charge in [-0.1, -0.05) is 0 Å². The van der Waals surface area contributed by atoms with Crippen LogP contribution in [0.3, 0.4) is 0 Å². The van der Waals surface area contributed by atoms with Crippen LogP contribution in [0.1, 0.15) is 40.0 Å². The van der Waals surface area contributed by atoms with Gasteiger partial charge in [-0.2, -0.15) is 5.10 Å². The third-order valence-electron chi connectivity index (χ3n) is 4.29. The van der Waals surface area contributed by atoms with Crippen molar-refractivity contribution in [1.29, 1.82) is 0 Å². The molecule has 0 saturated heterocycles. The molecule has 0 saturated carbocycles. The van der Waals surface area contributed by atoms with E-state index in [0.29, 0.717) is 36.7 Å². The highest BCUT2D eigenvalue weighted by Crippen LogP contribution is 2.21. The minimum absolute atomic E-state index is 0.0220. The highest BCUT2D eigenvalue weighted by atomic mass is 16.3. The standard InChI is InChI=1S/C17H24N4O3/c1-12-14(5-8-24-12)17(23)20-6-4-7-21-13(10-20)9-15(18-21)16(22)11-19(2)3/h5,8-9,16,22H,4,6-7,10-11H2,1-3H3/t16-/m1/s1. The quantitative estimate of drug-likeness (QED) is 0.917. The third-order valence-corrected chi connectivity index (χ3v) is 4.29. The number of likely N-dealkylation sites (N-methyl/N-ethyl adjacent to an activating group) is 1. The monoisotopic (exact) mass is 332 g/mol. The van der Waals surface area contributed by atoms with Gasteiger partial charge in [-0.05, 0) is 39.6 Å². The van der Waals surface area contributed by atoms with Crippen molar-refractivity contribution in [3.8, 4) is 0 Å². The maximum Gasteiger partial charge on any atom is 0.257 e. The van der Waals surface area contributed by atoms with Crippen LogP contribution >= 0.6 is 0 Å². The number of aliphatic hydroxyl groups excluding tert-OH is 1. The number of furan rings is 1. The molecule has 2 aromatic rings. The fourth-order valence-electron chi connectivity index (χ4n) is 3.04. The third kappa shape index (κ3) is 3.37. The molecule has 130 valence electrons. The van der Waals surface area contributed by atoms with E-state index in [1.807, 2.05) is 34.6 Å². The van der Waals surface area contributed by atoms with Gasteiger partial charge in [-0.25, -0.2) is 0 Å². The minimum atomic E-state index is -0.625. The second-order valence-electron chi connectivity index (χ2n) is 6.53. The van der Waals surface area contributed by atoms with Crippen molar-refractivity contribution in [2.24, 2.45) is 0 Å². The van der Waals surface area contributed by atoms with E-state index in [4.69, 9.17) is 4.42 Å². The molecular formula is C17H24N4O3. The van der Waals surface area contributed by atoms with Crippen molar-refractivity contribution in [2.45, 2.75) is 32.5 Å². The molecule has 0 aromatic carbocycles. The van der Waals surface area contributed by atoms with Crippen LogP contribution in [0.2, 0.25) is 0 Å². The summed E-state index contributed by atoms with van der Waals surface area (Å²) in [5.74, 6) is 0.617. The van der Waals surface area contributed by atoms with E-state index in [1.165, 1.54) is 0 Å². The summed E-state index contributed by atoms with van der Waals surface area (Å²) in [6.45, 7) is 4.24. The maximum absolute atomic E-state index is 12.7. The van der Waals surface area contributed by atoms with Crippen molar-refractivity contribution in [2.75, 3.05) is 27.2 Å². The molecule has 1 N–H and O–H groups in total. The number of carbonyl (C=O) groups is 1. The zero-order valence-electron chi connectivity index (χ0n) is 14.4. The van der Waals surface area contributed by atoms with Gasteiger partial charge in [0.05, 0.1) is 29.8 Å². The summed E-state index contributed by atoms with van der Waals surface area (Å²) in [7, 11) is 3.83. The predicted octanol–water partition coefficient (Wildman–Crippen LogP) is 1.43. The summed E-state index contributed by atoms with van der Waals surface area (Å²) in [5, 5.41) is 14.8. The summed E-state index contributed by atoms with van der Waals surface area (Å²) < 4.78 is 7.15. The highest BCUT2D eigenvalue weighted by Gasteiger charge is 2.25. The number of carbonyl (C=O) groups excluding carboxylic acids is 1. The lowest BCUT2D eigenvalue weighted by Gasteiger charge is -2.19. The van der Waals surface area contributed by atoms with Crippen molar-refractivity contribution in [1.82, 2.24) is 19.6 Å². The van der Waals surface area contributed by atoms with Crippen LogP contribution < -0.4 is 0 Å². The van der Waals surface area contributed by atoms with E-state index in [2.05, 4.69) is 5.10 Å². The number of aryl methyl sites for hydroxylation is 2. The number of rotatable bonds is 4. The Hall–Kier alpha value is -2.12. The first kappa shape index (κ1) is 16.7. The van der Waals surface area contributed by atoms with Crippen molar-refractivity contribution >= 4 is 5.91 Å². The first-order chi connectivity index (χ1) is 11.5. The molecule has 1 aliphatic rings. The molecule has 3 heterocycles. The van der Waals surface area contributed by atoms with Gasteiger partial charge in [-0.15, -0.1) is 0 Å². The van der Waals surface area contributed by atoms with Crippen LogP contribution in [-0.4, -0.2) is 57.8 Å². The Morgan fingerprint density at radius 3 is 2.92 bits per heavy atom. The summed E-state index contributed by atoms with van der Waals surface area (Å²) in [6, 6.07) is 3.62. The van der Waals surface area contributed by atoms with Gasteiger partial charge >= 0.3 is 0 Å². The number of aromatic nitrogens is 2. The van der Waals surface area contributed by atoms with Crippen LogP contribution in [0, 0.1) is 6.92 Å². The van der Waals surface area contributed by atoms with Crippen LogP contribution in [0.15, 0.2) is 22.8 Å². The normalized spacial score (nSPS) is 16.1. The molecule has 1 aliphatic heterocycles. The number of amides is 1. The first-order valence-electron chi connectivity index (χ1n) is 8.18. The lowest BCUT2D eigenvalue weighted by Crippen LogP contribution is -2.30. The van der Waals surface area contributed by atoms with Crippen LogP contribution in [0.25, 0.3) is 0 Å². The van der Waals surface area contributed by atoms with E-state index in [-0.39, 0.29) is 5.91 Å². The van der Waals surface area contributed by atoms with E-state index < -0.39 is 6.10 Å². The van der Waals surface area contributed by atoms with E-state index >= 15 is 0 Å². The van der Waals surface area contributed by atoms with Crippen molar-refractivity contribution in [3.63, 3.8) is 0 Å². The van der Waals surface area contributed by atoms with Gasteiger partial charge in [-0.3, -0.25) is 9.48 Å². The summed E-state index contributed by atoms with van der Waals surface area (Å²) in [4.78, 5) is 16.5. The zero-order valence-corrected chi connectivity index (χ0v) is 14.4. The Labute approximate surface area is 141 Å². The second kappa shape index (κ2) is 6.78. The van der Waals surface area contributed by atoms with Crippen molar-refractivity contribution < 1.29 is 14.3 Å². The van der Waals surface area contributed by atoms with Gasteiger partial charge < -0.3 is 19.3 Å². The lowest BCUT2D eigenvalue weighted by molar-refractivity contribution is 0.0744. The van der Waals surface area contributed by atoms with Crippen molar-refractivity contribution in [3.05, 3.63) is 41.1 Å². The van der Waals surface area contributed by atoms with Crippen LogP contribution in [0.5, 0.6) is 0 Å². The number of nitrogens with zero attached hydrogens (tertiary/aromatic N) is 4. The number of hydrogen-bond acceptors (Lipinski definition) is 5. The summed E-state index contributed by atoms with van der Waals surface area (Å²) >= 11 is 0. The predicted molar refractivity (Wildman–Crippen MR) is 88.5 cm³/mol. The van der Waals surface area contributed by atoms with E-state index in [1.54, 1.807) is 19.3 Å². The van der Waals surface area contributed by atoms with E-state index in [9.17, 15) is 9.90 Å². The lowest BCUT2D eigenvalue weighted by atomic mass is 10.2. The topological polar surface area (TPSA) is 74.7 Å². The number of fused-ring (bicyclic) bond motifs is 1. The molecule has 0 aliphatic carbocycles. The molecule has 0 radical (unpaired) electrons. The van der Waals surface area contributed by atoms with Gasteiger partial charge in [0.15, 0.2) is 0 Å². The maximum atomic E-state index is 12.7. The molecule has 0 bridgehead atoms. The van der Waals surface area contributed by atoms with Crippen LogP contribution in [-0.2, 0) is 13.1 Å². The fraction of sp³-hybridized carbons (Fsp3) is 0.529. The largest absolute Gasteiger partial charge is 0.469 e. The molecule has 0 unspecified atom stereocenters. The number of aliphatic hydroxyl groups is 1. The zero-order chi connectivity index (χ0) is 17.3. The van der Waals surface area contributed by atoms with E-state index in [0.717, 1.165) is 18.7 Å². The van der Waals surface area contributed by atoms with Gasteiger partial charge in [0.2, 0.25) is 0 Å². The molecule has 0 fully saturated rings. The summed E-state index contributed by atoms with van der Waals surface area (Å²) in [5.41, 5.74) is 2.22. The Bertz CT molecular complexity index is 719. The Balaban J connectivity index is 1.79. The fourth-order valence-corrected chi connectivity index (χ4v) is 3.04. The minimum Gasteiger partial charge on any atom is -0.469 e. The molecule has 3 rings (SSSR count). The molecular weight excluding hydrogens is 308 g/mol. The Morgan fingerprint density at radius 1 is 1.46 bits per heavy atom. The molecule has 0 spiro atoms. The van der Waals surface area contributed by atoms with Gasteiger partial charge in [0, 0.05) is 19.6 Å². The first-order valence-corrected chi connectivity index (χ1v) is 8.18. The van der Waals surface area contributed by atoms with Gasteiger partial charge in [0.25, 0.3) is 5.91 Å². The molecule has 2 aromatic heterocycles. The number of hydrogen-bond donors (Lipinski definition) is 1.